The Balaban J connectivity index is 2.34. The molecule has 3 nitrogen and oxygen atoms in total. The molecule has 0 saturated heterocycles. The number of fused-ring (bicyclic) bond motifs is 1. The molecule has 2 N–H and O–H groups in total. The molecule has 2 heterocycles. The van der Waals surface area contributed by atoms with Crippen LogP contribution in [0.2, 0.25) is 0 Å². The second kappa shape index (κ2) is 2.25. The standard InChI is InChI=1S/C10H11N3/c11-9-6-13(7-1-2-7)10-3-4-12-5-8(9)10/h3-7H,1-2,11H2. The average Bonchev–Trinajstić information content (AvgIpc) is 2.94. The third-order valence-corrected chi connectivity index (χ3v) is 2.61. The maximum absolute atomic E-state index is 5.88. The average molecular weight is 173 g/mol. The van der Waals surface area contributed by atoms with E-state index in [1.807, 2.05) is 24.7 Å². The molecule has 1 aliphatic carbocycles. The summed E-state index contributed by atoms with van der Waals surface area (Å²) in [7, 11) is 0. The minimum absolute atomic E-state index is 0.683. The van der Waals surface area contributed by atoms with E-state index in [9.17, 15) is 0 Å². The topological polar surface area (TPSA) is 43.8 Å². The van der Waals surface area contributed by atoms with E-state index < -0.39 is 0 Å². The molecule has 0 atom stereocenters. The highest BCUT2D eigenvalue weighted by atomic mass is 15.0. The summed E-state index contributed by atoms with van der Waals surface area (Å²) in [6.07, 6.45) is 8.26. The van der Waals surface area contributed by atoms with E-state index in [0.29, 0.717) is 6.04 Å². The van der Waals surface area contributed by atoms with Crippen LogP contribution in [-0.4, -0.2) is 9.55 Å². The van der Waals surface area contributed by atoms with Gasteiger partial charge >= 0.3 is 0 Å². The van der Waals surface area contributed by atoms with Crippen molar-refractivity contribution in [3.63, 3.8) is 0 Å². The Bertz CT molecular complexity index is 454. The fraction of sp³-hybridized carbons (Fsp3) is 0.300. The lowest BCUT2D eigenvalue weighted by Gasteiger charge is -1.99. The Labute approximate surface area is 76.2 Å². The number of nitrogens with zero attached hydrogens (tertiary/aromatic N) is 2. The van der Waals surface area contributed by atoms with Gasteiger partial charge in [-0.15, -0.1) is 0 Å². The third kappa shape index (κ3) is 0.932. The van der Waals surface area contributed by atoms with Crippen molar-refractivity contribution >= 4 is 16.6 Å². The Morgan fingerprint density at radius 2 is 2.31 bits per heavy atom. The molecule has 0 amide bonds. The Hall–Kier alpha value is -1.51. The summed E-state index contributed by atoms with van der Waals surface area (Å²) in [5.74, 6) is 0. The zero-order valence-electron chi connectivity index (χ0n) is 7.27. The molecule has 0 spiro atoms. The first-order chi connectivity index (χ1) is 6.36. The van der Waals surface area contributed by atoms with Gasteiger partial charge in [0.2, 0.25) is 0 Å². The Morgan fingerprint density at radius 1 is 1.46 bits per heavy atom. The maximum Gasteiger partial charge on any atom is 0.0589 e. The van der Waals surface area contributed by atoms with Crippen molar-refractivity contribution < 1.29 is 0 Å². The highest BCUT2D eigenvalue weighted by Gasteiger charge is 2.25. The van der Waals surface area contributed by atoms with Crippen LogP contribution in [0.3, 0.4) is 0 Å². The molecule has 0 radical (unpaired) electrons. The van der Waals surface area contributed by atoms with Crippen molar-refractivity contribution in [2.75, 3.05) is 5.73 Å². The molecule has 0 unspecified atom stereocenters. The number of nitrogen functional groups attached to an aromatic ring is 1. The van der Waals surface area contributed by atoms with Crippen LogP contribution in [0.25, 0.3) is 10.9 Å². The predicted octanol–water partition coefficient (Wildman–Crippen LogP) is 1.95. The van der Waals surface area contributed by atoms with Gasteiger partial charge < -0.3 is 10.3 Å². The molecule has 66 valence electrons. The first-order valence-electron chi connectivity index (χ1n) is 4.56. The molecule has 1 fully saturated rings. The second-order valence-corrected chi connectivity index (χ2v) is 3.62. The molecule has 3 rings (SSSR count). The quantitative estimate of drug-likeness (QED) is 0.716. The van der Waals surface area contributed by atoms with Crippen LogP contribution in [0.15, 0.2) is 24.7 Å². The molecule has 1 aliphatic rings. The molecular weight excluding hydrogens is 162 g/mol. The van der Waals surface area contributed by atoms with Gasteiger partial charge in [-0.3, -0.25) is 4.98 Å². The number of nitrogens with two attached hydrogens (primary N) is 1. The second-order valence-electron chi connectivity index (χ2n) is 3.62. The minimum atomic E-state index is 0.683. The van der Waals surface area contributed by atoms with Gasteiger partial charge in [0.1, 0.15) is 0 Å². The molecule has 1 saturated carbocycles. The van der Waals surface area contributed by atoms with Crippen molar-refractivity contribution in [2.24, 2.45) is 0 Å². The van der Waals surface area contributed by atoms with Crippen LogP contribution in [0.1, 0.15) is 18.9 Å². The monoisotopic (exact) mass is 173 g/mol. The number of hydrogen-bond donors (Lipinski definition) is 1. The molecule has 0 aliphatic heterocycles. The molecule has 0 bridgehead atoms. The number of rotatable bonds is 1. The van der Waals surface area contributed by atoms with E-state index in [1.165, 1.54) is 18.4 Å². The molecule has 0 aromatic carbocycles. The van der Waals surface area contributed by atoms with Crippen LogP contribution in [0.5, 0.6) is 0 Å². The zero-order valence-corrected chi connectivity index (χ0v) is 7.27. The maximum atomic E-state index is 5.88. The highest BCUT2D eigenvalue weighted by Crippen LogP contribution is 2.39. The predicted molar refractivity (Wildman–Crippen MR) is 52.4 cm³/mol. The lowest BCUT2D eigenvalue weighted by atomic mass is 10.3. The van der Waals surface area contributed by atoms with Crippen LogP contribution < -0.4 is 5.73 Å². The van der Waals surface area contributed by atoms with Crippen LogP contribution in [-0.2, 0) is 0 Å². The van der Waals surface area contributed by atoms with Crippen molar-refractivity contribution in [2.45, 2.75) is 18.9 Å². The SMILES string of the molecule is Nc1cn(C2CC2)c2ccncc12. The van der Waals surface area contributed by atoms with Gasteiger partial charge in [-0.2, -0.15) is 0 Å². The van der Waals surface area contributed by atoms with Gasteiger partial charge in [0, 0.05) is 30.0 Å². The van der Waals surface area contributed by atoms with Gasteiger partial charge in [0.25, 0.3) is 0 Å². The van der Waals surface area contributed by atoms with Gasteiger partial charge in [-0.1, -0.05) is 0 Å². The summed E-state index contributed by atoms with van der Waals surface area (Å²) in [5.41, 5.74) is 7.94. The molecule has 2 aromatic rings. The molecule has 2 aromatic heterocycles. The van der Waals surface area contributed by atoms with Crippen molar-refractivity contribution in [1.82, 2.24) is 9.55 Å². The van der Waals surface area contributed by atoms with Gasteiger partial charge in [0.15, 0.2) is 0 Å². The van der Waals surface area contributed by atoms with E-state index in [2.05, 4.69) is 9.55 Å². The minimum Gasteiger partial charge on any atom is -0.397 e. The summed E-state index contributed by atoms with van der Waals surface area (Å²) in [6.45, 7) is 0. The Kier molecular flexibility index (Phi) is 1.20. The molecule has 3 heteroatoms. The lowest BCUT2D eigenvalue weighted by Crippen LogP contribution is -1.90. The normalized spacial score (nSPS) is 16.6. The first-order valence-corrected chi connectivity index (χ1v) is 4.56. The first kappa shape index (κ1) is 6.95. The van der Waals surface area contributed by atoms with Crippen molar-refractivity contribution in [3.05, 3.63) is 24.7 Å². The summed E-state index contributed by atoms with van der Waals surface area (Å²) in [6, 6.07) is 2.71. The van der Waals surface area contributed by atoms with E-state index in [4.69, 9.17) is 5.73 Å². The van der Waals surface area contributed by atoms with Crippen molar-refractivity contribution in [1.29, 1.82) is 0 Å². The summed E-state index contributed by atoms with van der Waals surface area (Å²) >= 11 is 0. The van der Waals surface area contributed by atoms with Gasteiger partial charge in [-0.05, 0) is 18.9 Å². The number of aromatic nitrogens is 2. The number of pyridine rings is 1. The smallest absolute Gasteiger partial charge is 0.0589 e. The lowest BCUT2D eigenvalue weighted by molar-refractivity contribution is 0.776. The van der Waals surface area contributed by atoms with Crippen LogP contribution >= 0.6 is 0 Å². The molecule has 13 heavy (non-hydrogen) atoms. The van der Waals surface area contributed by atoms with E-state index in [1.54, 1.807) is 0 Å². The largest absolute Gasteiger partial charge is 0.397 e. The van der Waals surface area contributed by atoms with Gasteiger partial charge in [0.05, 0.1) is 11.2 Å². The summed E-state index contributed by atoms with van der Waals surface area (Å²) in [5, 5.41) is 1.08. The van der Waals surface area contributed by atoms with Gasteiger partial charge in [-0.25, -0.2) is 0 Å². The summed E-state index contributed by atoms with van der Waals surface area (Å²) < 4.78 is 2.27. The fourth-order valence-corrected chi connectivity index (χ4v) is 1.78. The van der Waals surface area contributed by atoms with Crippen molar-refractivity contribution in [3.8, 4) is 0 Å². The fourth-order valence-electron chi connectivity index (χ4n) is 1.78. The zero-order chi connectivity index (χ0) is 8.84. The van der Waals surface area contributed by atoms with E-state index >= 15 is 0 Å². The number of anilines is 1. The number of hydrogen-bond acceptors (Lipinski definition) is 2. The van der Waals surface area contributed by atoms with Crippen LogP contribution in [0, 0.1) is 0 Å². The third-order valence-electron chi connectivity index (χ3n) is 2.61. The van der Waals surface area contributed by atoms with Crippen LogP contribution in [0.4, 0.5) is 5.69 Å². The summed E-state index contributed by atoms with van der Waals surface area (Å²) in [4.78, 5) is 4.07. The molecular formula is C10H11N3. The highest BCUT2D eigenvalue weighted by molar-refractivity contribution is 5.91. The van der Waals surface area contributed by atoms with E-state index in [-0.39, 0.29) is 0 Å². The van der Waals surface area contributed by atoms with E-state index in [0.717, 1.165) is 11.1 Å². The Morgan fingerprint density at radius 3 is 3.08 bits per heavy atom.